The zero-order valence-electron chi connectivity index (χ0n) is 18.3. The summed E-state index contributed by atoms with van der Waals surface area (Å²) in [5.41, 5.74) is 3.60. The number of halogens is 1. The summed E-state index contributed by atoms with van der Waals surface area (Å²) in [5, 5.41) is 3.28. The molecule has 1 saturated heterocycles. The van der Waals surface area contributed by atoms with Crippen LogP contribution in [0, 0.1) is 5.82 Å². The maximum atomic E-state index is 14.1. The summed E-state index contributed by atoms with van der Waals surface area (Å²) >= 11 is 0. The highest BCUT2D eigenvalue weighted by Crippen LogP contribution is 2.28. The molecule has 2 aliphatic rings. The van der Waals surface area contributed by atoms with Crippen LogP contribution in [-0.4, -0.2) is 49.9 Å². The number of nitrogens with zero attached hydrogens (tertiary/aromatic N) is 4. The van der Waals surface area contributed by atoms with Crippen LogP contribution in [0.15, 0.2) is 35.1 Å². The van der Waals surface area contributed by atoms with Crippen molar-refractivity contribution in [2.75, 3.05) is 19.6 Å². The van der Waals surface area contributed by atoms with Crippen molar-refractivity contribution in [2.24, 2.45) is 0 Å². The van der Waals surface area contributed by atoms with Gasteiger partial charge in [0.2, 0.25) is 5.91 Å². The molecule has 4 heterocycles. The van der Waals surface area contributed by atoms with E-state index in [1.807, 2.05) is 25.1 Å². The standard InChI is InChI=1S/C24H28FN5O2/c1-2-23(31)29-11-9-20-18(15-29)24(32)30-22(26-20)12-21(27-30)17-7-5-10-28(14-17)13-16-6-3-4-8-19(16)25/h3-4,6,8,12,17,27H,2,5,7,9-11,13-15H2,1H3. The molecule has 1 aromatic carbocycles. The van der Waals surface area contributed by atoms with Crippen molar-refractivity contribution in [1.29, 1.82) is 0 Å². The van der Waals surface area contributed by atoms with Crippen LogP contribution < -0.4 is 5.56 Å². The number of hydrogen-bond acceptors (Lipinski definition) is 4. The van der Waals surface area contributed by atoms with E-state index < -0.39 is 0 Å². The van der Waals surface area contributed by atoms with Gasteiger partial charge in [-0.1, -0.05) is 25.1 Å². The number of hydrogen-bond donors (Lipinski definition) is 1. The van der Waals surface area contributed by atoms with Crippen LogP contribution in [-0.2, 0) is 24.3 Å². The molecule has 1 atom stereocenters. The summed E-state index contributed by atoms with van der Waals surface area (Å²) in [6.07, 6.45) is 3.06. The third kappa shape index (κ3) is 3.83. The van der Waals surface area contributed by atoms with Crippen molar-refractivity contribution in [3.05, 3.63) is 69.0 Å². The molecule has 1 amide bonds. The van der Waals surface area contributed by atoms with Crippen molar-refractivity contribution < 1.29 is 9.18 Å². The molecule has 0 spiro atoms. The maximum Gasteiger partial charge on any atom is 0.277 e. The van der Waals surface area contributed by atoms with E-state index in [0.717, 1.165) is 37.3 Å². The van der Waals surface area contributed by atoms with Gasteiger partial charge in [0.05, 0.1) is 17.8 Å². The fourth-order valence-electron chi connectivity index (χ4n) is 4.97. The molecule has 3 aromatic rings. The molecule has 0 radical (unpaired) electrons. The number of nitrogens with one attached hydrogen (secondary N) is 1. The Kier molecular flexibility index (Phi) is 5.55. The largest absolute Gasteiger partial charge is 0.338 e. The Morgan fingerprint density at radius 2 is 2.12 bits per heavy atom. The number of piperidine rings is 1. The quantitative estimate of drug-likeness (QED) is 0.681. The van der Waals surface area contributed by atoms with Crippen molar-refractivity contribution in [3.8, 4) is 0 Å². The first kappa shape index (κ1) is 20.9. The lowest BCUT2D eigenvalue weighted by Gasteiger charge is -2.32. The summed E-state index contributed by atoms with van der Waals surface area (Å²) in [5.74, 6) is 0.119. The number of likely N-dealkylation sites (tertiary alicyclic amines) is 1. The highest BCUT2D eigenvalue weighted by atomic mass is 19.1. The smallest absolute Gasteiger partial charge is 0.277 e. The summed E-state index contributed by atoms with van der Waals surface area (Å²) < 4.78 is 15.6. The first-order valence-corrected chi connectivity index (χ1v) is 11.4. The van der Waals surface area contributed by atoms with Crippen LogP contribution >= 0.6 is 0 Å². The Balaban J connectivity index is 1.39. The number of fused-ring (bicyclic) bond motifs is 2. The summed E-state index contributed by atoms with van der Waals surface area (Å²) in [4.78, 5) is 34.0. The highest BCUT2D eigenvalue weighted by molar-refractivity contribution is 5.76. The Hall–Kier alpha value is -3.00. The van der Waals surface area contributed by atoms with Crippen molar-refractivity contribution in [2.45, 2.75) is 51.6 Å². The van der Waals surface area contributed by atoms with Crippen LogP contribution in [0.2, 0.25) is 0 Å². The number of H-pyrrole nitrogens is 1. The van der Waals surface area contributed by atoms with Gasteiger partial charge in [-0.25, -0.2) is 13.9 Å². The normalized spacial score (nSPS) is 19.3. The average molecular weight is 438 g/mol. The van der Waals surface area contributed by atoms with Gasteiger partial charge in [-0.3, -0.25) is 19.6 Å². The Labute approximate surface area is 185 Å². The van der Waals surface area contributed by atoms with Gasteiger partial charge in [0.15, 0.2) is 5.65 Å². The molecule has 8 heteroatoms. The number of rotatable bonds is 4. The number of carbonyl (C=O) groups is 1. The third-order valence-electron chi connectivity index (χ3n) is 6.73. The molecule has 168 valence electrons. The van der Waals surface area contributed by atoms with Gasteiger partial charge in [-0.2, -0.15) is 0 Å². The van der Waals surface area contributed by atoms with Crippen LogP contribution in [0.4, 0.5) is 4.39 Å². The second kappa shape index (κ2) is 8.50. The van der Waals surface area contributed by atoms with Gasteiger partial charge >= 0.3 is 0 Å². The summed E-state index contributed by atoms with van der Waals surface area (Å²) in [6, 6.07) is 8.89. The number of benzene rings is 1. The van der Waals surface area contributed by atoms with E-state index in [-0.39, 0.29) is 23.2 Å². The van der Waals surface area contributed by atoms with Crippen molar-refractivity contribution >= 4 is 11.6 Å². The van der Waals surface area contributed by atoms with Crippen LogP contribution in [0.1, 0.15) is 54.6 Å². The van der Waals surface area contributed by atoms with Gasteiger partial charge < -0.3 is 4.90 Å². The van der Waals surface area contributed by atoms with Gasteiger partial charge in [-0.15, -0.1) is 0 Å². The fraction of sp³-hybridized carbons (Fsp3) is 0.458. The van der Waals surface area contributed by atoms with E-state index in [9.17, 15) is 14.0 Å². The second-order valence-electron chi connectivity index (χ2n) is 8.83. The average Bonchev–Trinajstić information content (AvgIpc) is 3.25. The number of carbonyl (C=O) groups excluding carboxylic acids is 1. The molecule has 0 saturated carbocycles. The lowest BCUT2D eigenvalue weighted by molar-refractivity contribution is -0.131. The predicted molar refractivity (Wildman–Crippen MR) is 119 cm³/mol. The lowest BCUT2D eigenvalue weighted by atomic mass is 9.94. The fourth-order valence-corrected chi connectivity index (χ4v) is 4.97. The van der Waals surface area contributed by atoms with E-state index >= 15 is 0 Å². The molecule has 32 heavy (non-hydrogen) atoms. The van der Waals surface area contributed by atoms with Crippen LogP contribution in [0.25, 0.3) is 5.65 Å². The van der Waals surface area contributed by atoms with Crippen molar-refractivity contribution in [3.63, 3.8) is 0 Å². The number of aromatic nitrogens is 3. The molecule has 2 aromatic heterocycles. The Morgan fingerprint density at radius 1 is 1.28 bits per heavy atom. The summed E-state index contributed by atoms with van der Waals surface area (Å²) in [7, 11) is 0. The first-order chi connectivity index (χ1) is 15.5. The van der Waals surface area contributed by atoms with Crippen LogP contribution in [0.5, 0.6) is 0 Å². The number of amides is 1. The Bertz CT molecular complexity index is 1220. The highest BCUT2D eigenvalue weighted by Gasteiger charge is 2.27. The Morgan fingerprint density at radius 3 is 2.94 bits per heavy atom. The zero-order valence-corrected chi connectivity index (χ0v) is 18.3. The minimum absolute atomic E-state index is 0.0597. The van der Waals surface area contributed by atoms with Gasteiger partial charge in [0, 0.05) is 55.7 Å². The van der Waals surface area contributed by atoms with Crippen LogP contribution in [0.3, 0.4) is 0 Å². The summed E-state index contributed by atoms with van der Waals surface area (Å²) in [6.45, 7) is 5.08. The third-order valence-corrected chi connectivity index (χ3v) is 6.73. The topological polar surface area (TPSA) is 73.7 Å². The molecule has 1 N–H and O–H groups in total. The maximum absolute atomic E-state index is 14.1. The number of aromatic amines is 1. The molecule has 7 nitrogen and oxygen atoms in total. The molecular formula is C24H28FN5O2. The minimum Gasteiger partial charge on any atom is -0.338 e. The molecular weight excluding hydrogens is 409 g/mol. The van der Waals surface area contributed by atoms with Gasteiger partial charge in [0.1, 0.15) is 5.82 Å². The van der Waals surface area contributed by atoms with Gasteiger partial charge in [0.25, 0.3) is 5.56 Å². The molecule has 0 bridgehead atoms. The van der Waals surface area contributed by atoms with Gasteiger partial charge in [-0.05, 0) is 25.5 Å². The molecule has 0 aliphatic carbocycles. The first-order valence-electron chi connectivity index (χ1n) is 11.4. The van der Waals surface area contributed by atoms with E-state index in [1.54, 1.807) is 11.0 Å². The van der Waals surface area contributed by atoms with E-state index in [2.05, 4.69) is 10.00 Å². The molecule has 1 fully saturated rings. The molecule has 5 rings (SSSR count). The SMILES string of the molecule is CCC(=O)N1CCc2nc3cc(C4CCCN(Cc5ccccc5F)C4)[nH]n3c(=O)c2C1. The van der Waals surface area contributed by atoms with E-state index in [4.69, 9.17) is 4.98 Å². The molecule has 2 aliphatic heterocycles. The lowest BCUT2D eigenvalue weighted by Crippen LogP contribution is -2.40. The van der Waals surface area contributed by atoms with E-state index in [1.165, 1.54) is 10.6 Å². The second-order valence-corrected chi connectivity index (χ2v) is 8.83. The zero-order chi connectivity index (χ0) is 22.2. The predicted octanol–water partition coefficient (Wildman–Crippen LogP) is 2.84. The minimum atomic E-state index is -0.169. The monoisotopic (exact) mass is 437 g/mol. The molecule has 1 unspecified atom stereocenters. The van der Waals surface area contributed by atoms with Crippen molar-refractivity contribution in [1.82, 2.24) is 24.4 Å². The van der Waals surface area contributed by atoms with E-state index in [0.29, 0.717) is 49.2 Å².